The van der Waals surface area contributed by atoms with E-state index in [2.05, 4.69) is 20.8 Å². The summed E-state index contributed by atoms with van der Waals surface area (Å²) in [6.45, 7) is 7.97. The molecule has 0 spiro atoms. The molecule has 0 aliphatic carbocycles. The van der Waals surface area contributed by atoms with Crippen molar-refractivity contribution in [3.05, 3.63) is 65.2 Å². The van der Waals surface area contributed by atoms with E-state index in [1.165, 1.54) is 11.1 Å². The van der Waals surface area contributed by atoms with E-state index < -0.39 is 11.6 Å². The van der Waals surface area contributed by atoms with Crippen LogP contribution in [0.1, 0.15) is 50.3 Å². The highest BCUT2D eigenvalue weighted by Gasteiger charge is 2.36. The predicted octanol–water partition coefficient (Wildman–Crippen LogP) is 4.84. The van der Waals surface area contributed by atoms with Crippen LogP contribution in [0, 0.1) is 0 Å². The average molecular weight is 326 g/mol. The Morgan fingerprint density at radius 3 is 2.04 bits per heavy atom. The lowest BCUT2D eigenvalue weighted by atomic mass is 9.95. The zero-order chi connectivity index (χ0) is 17.7. The van der Waals surface area contributed by atoms with Gasteiger partial charge in [0.1, 0.15) is 5.75 Å². The van der Waals surface area contributed by atoms with Gasteiger partial charge in [-0.25, -0.2) is 4.79 Å². The molecule has 3 nitrogen and oxygen atoms in total. The van der Waals surface area contributed by atoms with Crippen molar-refractivity contribution in [1.29, 1.82) is 0 Å². The molecule has 3 heteroatoms. The van der Waals surface area contributed by atoms with Crippen molar-refractivity contribution in [3.63, 3.8) is 0 Å². The van der Waals surface area contributed by atoms with Gasteiger partial charge in [0.15, 0.2) is 0 Å². The molecule has 0 bridgehead atoms. The highest BCUT2D eigenvalue weighted by atomic mass is 16.5. The molecule has 1 unspecified atom stereocenters. The molecule has 0 aliphatic rings. The first-order valence-corrected chi connectivity index (χ1v) is 8.44. The fourth-order valence-corrected chi connectivity index (χ4v) is 2.62. The summed E-state index contributed by atoms with van der Waals surface area (Å²) in [5, 5.41) is 9.67. The fourth-order valence-electron chi connectivity index (χ4n) is 2.62. The largest absolute Gasteiger partial charge is 0.478 e. The van der Waals surface area contributed by atoms with Crippen LogP contribution in [0.15, 0.2) is 48.5 Å². The molecule has 1 atom stereocenters. The number of aliphatic carboxylic acids is 1. The van der Waals surface area contributed by atoms with E-state index in [1.54, 1.807) is 6.92 Å². The van der Waals surface area contributed by atoms with Crippen molar-refractivity contribution in [3.8, 4) is 5.75 Å². The minimum Gasteiger partial charge on any atom is -0.478 e. The van der Waals surface area contributed by atoms with Gasteiger partial charge in [-0.15, -0.1) is 0 Å². The number of ether oxygens (including phenoxy) is 1. The van der Waals surface area contributed by atoms with E-state index in [1.807, 2.05) is 48.5 Å². The number of aryl methyl sites for hydroxylation is 1. The van der Waals surface area contributed by atoms with Gasteiger partial charge in [0.25, 0.3) is 0 Å². The third kappa shape index (κ3) is 4.38. The molecular formula is C21H26O3. The quantitative estimate of drug-likeness (QED) is 0.792. The third-order valence-corrected chi connectivity index (χ3v) is 4.31. The summed E-state index contributed by atoms with van der Waals surface area (Å²) in [5.41, 5.74) is 2.10. The first kappa shape index (κ1) is 18.1. The molecule has 1 N–H and O–H groups in total. The summed E-state index contributed by atoms with van der Waals surface area (Å²) < 4.78 is 5.86. The normalized spacial score (nSPS) is 13.5. The monoisotopic (exact) mass is 326 g/mol. The first-order chi connectivity index (χ1) is 11.3. The number of benzene rings is 2. The lowest BCUT2D eigenvalue weighted by Crippen LogP contribution is -2.43. The molecule has 128 valence electrons. The van der Waals surface area contributed by atoms with Gasteiger partial charge in [-0.05, 0) is 48.1 Å². The van der Waals surface area contributed by atoms with Gasteiger partial charge >= 0.3 is 5.97 Å². The number of rotatable bonds is 7. The van der Waals surface area contributed by atoms with Gasteiger partial charge in [-0.2, -0.15) is 0 Å². The summed E-state index contributed by atoms with van der Waals surface area (Å²) in [4.78, 5) is 11.8. The second kappa shape index (κ2) is 7.52. The van der Waals surface area contributed by atoms with E-state index in [9.17, 15) is 9.90 Å². The lowest BCUT2D eigenvalue weighted by molar-refractivity contribution is -0.153. The van der Waals surface area contributed by atoms with Gasteiger partial charge in [-0.3, -0.25) is 0 Å². The van der Waals surface area contributed by atoms with E-state index in [0.717, 1.165) is 12.0 Å². The average Bonchev–Trinajstić information content (AvgIpc) is 2.56. The van der Waals surface area contributed by atoms with Gasteiger partial charge < -0.3 is 9.84 Å². The van der Waals surface area contributed by atoms with Crippen LogP contribution in [-0.4, -0.2) is 16.7 Å². The molecule has 0 fully saturated rings. The smallest absolute Gasteiger partial charge is 0.348 e. The number of hydrogen-bond acceptors (Lipinski definition) is 2. The third-order valence-electron chi connectivity index (χ3n) is 4.31. The Bertz CT molecular complexity index is 671. The van der Waals surface area contributed by atoms with Crippen molar-refractivity contribution >= 4 is 5.97 Å². The van der Waals surface area contributed by atoms with Gasteiger partial charge in [0.05, 0.1) is 0 Å². The predicted molar refractivity (Wildman–Crippen MR) is 96.7 cm³/mol. The summed E-state index contributed by atoms with van der Waals surface area (Å²) in [6.07, 6.45) is 1.29. The maximum atomic E-state index is 11.8. The van der Waals surface area contributed by atoms with E-state index in [0.29, 0.717) is 18.1 Å². The van der Waals surface area contributed by atoms with Crippen LogP contribution in [0.5, 0.6) is 5.75 Å². The molecule has 0 heterocycles. The number of carbonyl (C=O) groups is 1. The molecule has 0 aliphatic heterocycles. The molecule has 0 radical (unpaired) electrons. The second-order valence-electron chi connectivity index (χ2n) is 6.71. The Labute approximate surface area is 144 Å². The second-order valence-corrected chi connectivity index (χ2v) is 6.71. The van der Waals surface area contributed by atoms with Crippen molar-refractivity contribution in [2.75, 3.05) is 0 Å². The number of hydrogen-bond donors (Lipinski definition) is 1. The van der Waals surface area contributed by atoms with Crippen LogP contribution < -0.4 is 4.74 Å². The van der Waals surface area contributed by atoms with Crippen molar-refractivity contribution in [1.82, 2.24) is 0 Å². The Kier molecular flexibility index (Phi) is 5.66. The maximum Gasteiger partial charge on any atom is 0.348 e. The molecule has 24 heavy (non-hydrogen) atoms. The number of carboxylic acid groups (broad SMARTS) is 1. The Morgan fingerprint density at radius 2 is 1.58 bits per heavy atom. The summed E-state index contributed by atoms with van der Waals surface area (Å²) in [7, 11) is 0. The van der Waals surface area contributed by atoms with Gasteiger partial charge in [0.2, 0.25) is 5.60 Å². The van der Waals surface area contributed by atoms with Crippen LogP contribution >= 0.6 is 0 Å². The SMILES string of the molecule is CCc1ccc(CC(C)(Oc2ccc(C(C)C)cc2)C(=O)O)cc1. The molecule has 2 rings (SSSR count). The Balaban J connectivity index is 2.18. The maximum absolute atomic E-state index is 11.8. The zero-order valence-corrected chi connectivity index (χ0v) is 14.9. The molecule has 0 saturated carbocycles. The van der Waals surface area contributed by atoms with Gasteiger partial charge in [0, 0.05) is 6.42 Å². The molecule has 0 amide bonds. The first-order valence-electron chi connectivity index (χ1n) is 8.44. The van der Waals surface area contributed by atoms with Crippen molar-refractivity contribution < 1.29 is 14.6 Å². The molecular weight excluding hydrogens is 300 g/mol. The van der Waals surface area contributed by atoms with E-state index in [4.69, 9.17) is 4.74 Å². The Morgan fingerprint density at radius 1 is 1.04 bits per heavy atom. The molecule has 0 saturated heterocycles. The lowest BCUT2D eigenvalue weighted by Gasteiger charge is -2.27. The minimum atomic E-state index is -1.30. The van der Waals surface area contributed by atoms with Crippen molar-refractivity contribution in [2.24, 2.45) is 0 Å². The molecule has 2 aromatic rings. The topological polar surface area (TPSA) is 46.5 Å². The van der Waals surface area contributed by atoms with Crippen LogP contribution in [0.4, 0.5) is 0 Å². The number of carboxylic acids is 1. The summed E-state index contributed by atoms with van der Waals surface area (Å²) >= 11 is 0. The molecule has 2 aromatic carbocycles. The van der Waals surface area contributed by atoms with Gasteiger partial charge in [-0.1, -0.05) is 57.2 Å². The fraction of sp³-hybridized carbons (Fsp3) is 0.381. The van der Waals surface area contributed by atoms with E-state index in [-0.39, 0.29) is 0 Å². The highest BCUT2D eigenvalue weighted by Crippen LogP contribution is 2.25. The van der Waals surface area contributed by atoms with Crippen LogP contribution in [0.25, 0.3) is 0 Å². The Hall–Kier alpha value is -2.29. The standard InChI is InChI=1S/C21H26O3/c1-5-16-6-8-17(9-7-16)14-21(4,20(22)23)24-19-12-10-18(11-13-19)15(2)3/h6-13,15H,5,14H2,1-4H3,(H,22,23). The summed E-state index contributed by atoms with van der Waals surface area (Å²) in [5.74, 6) is 0.0477. The summed E-state index contributed by atoms with van der Waals surface area (Å²) in [6, 6.07) is 15.7. The zero-order valence-electron chi connectivity index (χ0n) is 14.9. The van der Waals surface area contributed by atoms with Crippen LogP contribution in [-0.2, 0) is 17.6 Å². The highest BCUT2D eigenvalue weighted by molar-refractivity contribution is 5.78. The van der Waals surface area contributed by atoms with E-state index >= 15 is 0 Å². The van der Waals surface area contributed by atoms with Crippen LogP contribution in [0.3, 0.4) is 0 Å². The minimum absolute atomic E-state index is 0.318. The van der Waals surface area contributed by atoms with Crippen LogP contribution in [0.2, 0.25) is 0 Å². The molecule has 0 aromatic heterocycles. The van der Waals surface area contributed by atoms with Crippen molar-refractivity contribution in [2.45, 2.75) is 52.1 Å².